The molecule has 0 aliphatic carbocycles. The van der Waals surface area contributed by atoms with Crippen LogP contribution in [0.25, 0.3) is 0 Å². The minimum Gasteiger partial charge on any atom is -0.328 e. The van der Waals surface area contributed by atoms with Crippen LogP contribution in [0.3, 0.4) is 0 Å². The Kier molecular flexibility index (Phi) is 6.53. The number of benzene rings is 1. The molecule has 1 aromatic carbocycles. The normalized spacial score (nSPS) is 13.8. The van der Waals surface area contributed by atoms with E-state index in [9.17, 15) is 0 Å². The Morgan fingerprint density at radius 2 is 1.79 bits per heavy atom. The first-order valence-electron chi connectivity index (χ1n) is 7.42. The molecule has 0 spiro atoms. The molecule has 2 heteroatoms. The lowest BCUT2D eigenvalue weighted by Crippen LogP contribution is -2.32. The van der Waals surface area contributed by atoms with Crippen molar-refractivity contribution in [2.45, 2.75) is 53.1 Å². The molecule has 0 aliphatic rings. The van der Waals surface area contributed by atoms with Crippen molar-refractivity contribution in [2.24, 2.45) is 11.1 Å². The fourth-order valence-corrected chi connectivity index (χ4v) is 2.43. The van der Waals surface area contributed by atoms with Gasteiger partial charge in [0.15, 0.2) is 0 Å². The summed E-state index contributed by atoms with van der Waals surface area (Å²) in [5.41, 5.74) is 7.94. The van der Waals surface area contributed by atoms with Gasteiger partial charge in [-0.25, -0.2) is 0 Å². The zero-order valence-corrected chi connectivity index (χ0v) is 13.0. The van der Waals surface area contributed by atoms with Crippen LogP contribution < -0.4 is 5.73 Å². The van der Waals surface area contributed by atoms with Gasteiger partial charge in [0.05, 0.1) is 0 Å². The molecule has 1 rings (SSSR count). The molecule has 0 bridgehead atoms. The van der Waals surface area contributed by atoms with Crippen LogP contribution in [0, 0.1) is 5.41 Å². The molecule has 0 fully saturated rings. The van der Waals surface area contributed by atoms with E-state index in [-0.39, 0.29) is 0 Å². The van der Waals surface area contributed by atoms with Gasteiger partial charge in [-0.3, -0.25) is 4.90 Å². The monoisotopic (exact) mass is 262 g/mol. The van der Waals surface area contributed by atoms with Crippen molar-refractivity contribution in [2.75, 3.05) is 13.1 Å². The molecule has 0 saturated heterocycles. The summed E-state index contributed by atoms with van der Waals surface area (Å²) in [7, 11) is 0. The molecule has 2 N–H and O–H groups in total. The standard InChI is InChI=1S/C17H30N2/c1-5-19(14-15-9-7-6-8-10-15)12-11-16(18)13-17(2,3)4/h6-10,16H,5,11-14,18H2,1-4H3. The van der Waals surface area contributed by atoms with Crippen LogP contribution in [0.5, 0.6) is 0 Å². The second-order valence-electron chi connectivity index (χ2n) is 6.67. The Bertz CT molecular complexity index is 340. The fraction of sp³-hybridized carbons (Fsp3) is 0.647. The van der Waals surface area contributed by atoms with Crippen molar-refractivity contribution in [3.8, 4) is 0 Å². The number of nitrogens with zero attached hydrogens (tertiary/aromatic N) is 1. The molecule has 108 valence electrons. The van der Waals surface area contributed by atoms with Crippen LogP contribution in [0.4, 0.5) is 0 Å². The first-order valence-corrected chi connectivity index (χ1v) is 7.42. The van der Waals surface area contributed by atoms with Crippen molar-refractivity contribution >= 4 is 0 Å². The van der Waals surface area contributed by atoms with E-state index in [1.165, 1.54) is 5.56 Å². The summed E-state index contributed by atoms with van der Waals surface area (Å²) >= 11 is 0. The molecule has 1 unspecified atom stereocenters. The average Bonchev–Trinajstić information content (AvgIpc) is 2.33. The minimum atomic E-state index is 0.310. The molecule has 1 atom stereocenters. The van der Waals surface area contributed by atoms with Crippen LogP contribution in [-0.2, 0) is 6.54 Å². The Hall–Kier alpha value is -0.860. The maximum Gasteiger partial charge on any atom is 0.0233 e. The lowest BCUT2D eigenvalue weighted by molar-refractivity contribution is 0.250. The third-order valence-corrected chi connectivity index (χ3v) is 3.39. The highest BCUT2D eigenvalue weighted by Crippen LogP contribution is 2.21. The highest BCUT2D eigenvalue weighted by atomic mass is 15.1. The first kappa shape index (κ1) is 16.2. The summed E-state index contributed by atoms with van der Waals surface area (Å²) < 4.78 is 0. The van der Waals surface area contributed by atoms with Crippen molar-refractivity contribution in [3.05, 3.63) is 35.9 Å². The van der Waals surface area contributed by atoms with Gasteiger partial charge in [-0.2, -0.15) is 0 Å². The smallest absolute Gasteiger partial charge is 0.0233 e. The molecule has 1 aromatic rings. The fourth-order valence-electron chi connectivity index (χ4n) is 2.43. The van der Waals surface area contributed by atoms with E-state index < -0.39 is 0 Å². The van der Waals surface area contributed by atoms with E-state index in [0.717, 1.165) is 32.5 Å². The van der Waals surface area contributed by atoms with E-state index >= 15 is 0 Å². The van der Waals surface area contributed by atoms with Crippen LogP contribution in [0.2, 0.25) is 0 Å². The molecule has 0 aliphatic heterocycles. The number of rotatable bonds is 7. The summed E-state index contributed by atoms with van der Waals surface area (Å²) in [5, 5.41) is 0. The number of hydrogen-bond acceptors (Lipinski definition) is 2. The predicted molar refractivity (Wildman–Crippen MR) is 84.1 cm³/mol. The Morgan fingerprint density at radius 1 is 1.16 bits per heavy atom. The Morgan fingerprint density at radius 3 is 2.32 bits per heavy atom. The zero-order valence-electron chi connectivity index (χ0n) is 13.0. The molecule has 0 heterocycles. The maximum absolute atomic E-state index is 6.23. The van der Waals surface area contributed by atoms with Gasteiger partial charge < -0.3 is 5.73 Å². The third-order valence-electron chi connectivity index (χ3n) is 3.39. The molecule has 0 aromatic heterocycles. The minimum absolute atomic E-state index is 0.310. The first-order chi connectivity index (χ1) is 8.90. The average molecular weight is 262 g/mol. The van der Waals surface area contributed by atoms with E-state index in [4.69, 9.17) is 5.73 Å². The van der Waals surface area contributed by atoms with Gasteiger partial charge in [0.25, 0.3) is 0 Å². The quantitative estimate of drug-likeness (QED) is 0.812. The van der Waals surface area contributed by atoms with Crippen molar-refractivity contribution in [3.63, 3.8) is 0 Å². The van der Waals surface area contributed by atoms with Gasteiger partial charge in [0.1, 0.15) is 0 Å². The molecule has 0 amide bonds. The van der Waals surface area contributed by atoms with Gasteiger partial charge in [-0.05, 0) is 36.9 Å². The zero-order chi connectivity index (χ0) is 14.3. The van der Waals surface area contributed by atoms with Crippen molar-refractivity contribution in [1.29, 1.82) is 0 Å². The van der Waals surface area contributed by atoms with Gasteiger partial charge in [0.2, 0.25) is 0 Å². The number of nitrogens with two attached hydrogens (primary N) is 1. The van der Waals surface area contributed by atoms with Crippen molar-refractivity contribution in [1.82, 2.24) is 4.90 Å². The molecule has 19 heavy (non-hydrogen) atoms. The van der Waals surface area contributed by atoms with Crippen LogP contribution in [0.1, 0.15) is 46.1 Å². The highest BCUT2D eigenvalue weighted by molar-refractivity contribution is 5.14. The van der Waals surface area contributed by atoms with E-state index in [1.807, 2.05) is 0 Å². The van der Waals surface area contributed by atoms with Gasteiger partial charge in [0, 0.05) is 12.6 Å². The summed E-state index contributed by atoms with van der Waals surface area (Å²) in [6, 6.07) is 11.0. The predicted octanol–water partition coefficient (Wildman–Crippen LogP) is 3.66. The Balaban J connectivity index is 2.37. The van der Waals surface area contributed by atoms with E-state index in [0.29, 0.717) is 11.5 Å². The largest absolute Gasteiger partial charge is 0.328 e. The van der Waals surface area contributed by atoms with Crippen LogP contribution in [-0.4, -0.2) is 24.0 Å². The second-order valence-corrected chi connectivity index (χ2v) is 6.67. The van der Waals surface area contributed by atoms with Gasteiger partial charge >= 0.3 is 0 Å². The second kappa shape index (κ2) is 7.66. The van der Waals surface area contributed by atoms with E-state index in [1.54, 1.807) is 0 Å². The van der Waals surface area contributed by atoms with Crippen LogP contribution in [0.15, 0.2) is 30.3 Å². The lowest BCUT2D eigenvalue weighted by Gasteiger charge is -2.26. The highest BCUT2D eigenvalue weighted by Gasteiger charge is 2.16. The Labute approximate surface area is 119 Å². The van der Waals surface area contributed by atoms with Gasteiger partial charge in [-0.1, -0.05) is 58.0 Å². The summed E-state index contributed by atoms with van der Waals surface area (Å²) in [6.07, 6.45) is 2.17. The maximum atomic E-state index is 6.23. The lowest BCUT2D eigenvalue weighted by atomic mass is 9.87. The molecular weight excluding hydrogens is 232 g/mol. The SMILES string of the molecule is CCN(CCC(N)CC(C)(C)C)Cc1ccccc1. The molecule has 0 radical (unpaired) electrons. The van der Waals surface area contributed by atoms with Crippen LogP contribution >= 0.6 is 0 Å². The topological polar surface area (TPSA) is 29.3 Å². The summed E-state index contributed by atoms with van der Waals surface area (Å²) in [6.45, 7) is 12.2. The van der Waals surface area contributed by atoms with Gasteiger partial charge in [-0.15, -0.1) is 0 Å². The molecule has 0 saturated carbocycles. The van der Waals surface area contributed by atoms with Crippen molar-refractivity contribution < 1.29 is 0 Å². The number of hydrogen-bond donors (Lipinski definition) is 1. The molecule has 2 nitrogen and oxygen atoms in total. The van der Waals surface area contributed by atoms with E-state index in [2.05, 4.69) is 62.9 Å². The molecular formula is C17H30N2. The summed E-state index contributed by atoms with van der Waals surface area (Å²) in [5.74, 6) is 0. The summed E-state index contributed by atoms with van der Waals surface area (Å²) in [4.78, 5) is 2.47. The third kappa shape index (κ3) is 7.34.